The average molecular weight is 478 g/mol. The third-order valence-electron chi connectivity index (χ3n) is 4.89. The molecule has 0 bridgehead atoms. The maximum absolute atomic E-state index is 12.4. The van der Waals surface area contributed by atoms with Gasteiger partial charge in [0.2, 0.25) is 0 Å². The molecule has 172 valence electrons. The van der Waals surface area contributed by atoms with Crippen molar-refractivity contribution < 1.29 is 19.2 Å². The predicted octanol–water partition coefficient (Wildman–Crippen LogP) is 3.85. The monoisotopic (exact) mass is 477 g/mol. The van der Waals surface area contributed by atoms with E-state index in [4.69, 9.17) is 4.74 Å². The zero-order valence-electron chi connectivity index (χ0n) is 17.9. The maximum Gasteiger partial charge on any atom is 0.273 e. The summed E-state index contributed by atoms with van der Waals surface area (Å²) in [6.07, 6.45) is 0. The minimum absolute atomic E-state index is 0.0741. The largest absolute Gasteiger partial charge is 0.496 e. The van der Waals surface area contributed by atoms with Crippen molar-refractivity contribution in [2.45, 2.75) is 10.9 Å². The number of nitro groups is 1. The number of hydrogen-bond donors (Lipinski definition) is 3. The Balaban J connectivity index is 1.34. The Morgan fingerprint density at radius 3 is 2.50 bits per heavy atom. The Kier molecular flexibility index (Phi) is 6.74. The number of carbonyl (C=O) groups excluding carboxylic acids is 2. The first kappa shape index (κ1) is 22.8. The number of hydrazine groups is 1. The van der Waals surface area contributed by atoms with Gasteiger partial charge in [-0.25, -0.2) is 4.98 Å². The molecule has 0 atom stereocenters. The van der Waals surface area contributed by atoms with E-state index in [0.29, 0.717) is 11.3 Å². The van der Waals surface area contributed by atoms with Crippen LogP contribution in [0.3, 0.4) is 0 Å². The van der Waals surface area contributed by atoms with Crippen LogP contribution >= 0.6 is 11.8 Å². The van der Waals surface area contributed by atoms with E-state index in [1.807, 2.05) is 36.4 Å². The summed E-state index contributed by atoms with van der Waals surface area (Å²) in [5.74, 6) is -0.476. The van der Waals surface area contributed by atoms with Crippen molar-refractivity contribution in [2.75, 3.05) is 7.11 Å². The highest BCUT2D eigenvalue weighted by Crippen LogP contribution is 2.24. The maximum atomic E-state index is 12.4. The molecule has 10 nitrogen and oxygen atoms in total. The lowest BCUT2D eigenvalue weighted by molar-refractivity contribution is -0.384. The fraction of sp³-hybridized carbons (Fsp3) is 0.0870. The summed E-state index contributed by atoms with van der Waals surface area (Å²) < 4.78 is 5.07. The Morgan fingerprint density at radius 1 is 1.06 bits per heavy atom. The van der Waals surface area contributed by atoms with Crippen molar-refractivity contribution in [1.29, 1.82) is 0 Å². The van der Waals surface area contributed by atoms with Crippen LogP contribution in [0.15, 0.2) is 71.9 Å². The molecule has 0 saturated carbocycles. The average Bonchev–Trinajstić information content (AvgIpc) is 3.28. The molecule has 4 rings (SSSR count). The van der Waals surface area contributed by atoms with E-state index in [1.165, 1.54) is 19.2 Å². The zero-order chi connectivity index (χ0) is 24.1. The van der Waals surface area contributed by atoms with Gasteiger partial charge < -0.3 is 9.72 Å². The molecule has 4 aromatic rings. The second-order valence-electron chi connectivity index (χ2n) is 7.09. The Bertz CT molecular complexity index is 1340. The number of para-hydroxylation sites is 2. The van der Waals surface area contributed by atoms with Crippen LogP contribution in [0.5, 0.6) is 5.75 Å². The van der Waals surface area contributed by atoms with Crippen LogP contribution in [0.2, 0.25) is 0 Å². The summed E-state index contributed by atoms with van der Waals surface area (Å²) in [7, 11) is 1.34. The van der Waals surface area contributed by atoms with Gasteiger partial charge in [-0.2, -0.15) is 0 Å². The van der Waals surface area contributed by atoms with Gasteiger partial charge in [0.15, 0.2) is 5.16 Å². The molecule has 0 fully saturated rings. The van der Waals surface area contributed by atoms with Gasteiger partial charge in [0.1, 0.15) is 5.75 Å². The van der Waals surface area contributed by atoms with Gasteiger partial charge in [-0.1, -0.05) is 36.0 Å². The molecule has 11 heteroatoms. The number of nitrogens with zero attached hydrogens (tertiary/aromatic N) is 2. The minimum atomic E-state index is -0.743. The first-order chi connectivity index (χ1) is 16.4. The molecule has 0 radical (unpaired) electrons. The van der Waals surface area contributed by atoms with Crippen LogP contribution in [0.1, 0.15) is 26.3 Å². The van der Waals surface area contributed by atoms with Crippen molar-refractivity contribution in [3.05, 3.63) is 93.5 Å². The van der Waals surface area contributed by atoms with Gasteiger partial charge in [0.05, 0.1) is 28.6 Å². The van der Waals surface area contributed by atoms with Gasteiger partial charge in [-0.05, 0) is 35.9 Å². The number of non-ortho nitro benzene ring substituents is 1. The molecular weight excluding hydrogens is 458 g/mol. The van der Waals surface area contributed by atoms with Crippen molar-refractivity contribution in [3.8, 4) is 5.75 Å². The molecule has 0 saturated heterocycles. The number of hydrogen-bond acceptors (Lipinski definition) is 7. The molecule has 0 unspecified atom stereocenters. The number of imidazole rings is 1. The van der Waals surface area contributed by atoms with E-state index in [9.17, 15) is 19.7 Å². The number of carbonyl (C=O) groups is 2. The number of fused-ring (bicyclic) bond motifs is 1. The number of aromatic amines is 1. The number of thioether (sulfide) groups is 1. The Morgan fingerprint density at radius 2 is 1.79 bits per heavy atom. The number of H-pyrrole nitrogens is 1. The first-order valence-corrected chi connectivity index (χ1v) is 11.0. The topological polar surface area (TPSA) is 139 Å². The highest BCUT2D eigenvalue weighted by atomic mass is 32.2. The number of methoxy groups -OCH3 is 1. The molecule has 34 heavy (non-hydrogen) atoms. The summed E-state index contributed by atoms with van der Waals surface area (Å²) in [4.78, 5) is 43.0. The van der Waals surface area contributed by atoms with E-state index in [2.05, 4.69) is 20.8 Å². The molecule has 0 spiro atoms. The number of amides is 2. The fourth-order valence-electron chi connectivity index (χ4n) is 3.14. The summed E-state index contributed by atoms with van der Waals surface area (Å²) in [6, 6.07) is 18.3. The van der Waals surface area contributed by atoms with Crippen LogP contribution < -0.4 is 15.6 Å². The SMILES string of the molecule is COc1ccc([N+](=O)[O-])cc1C(=O)NNC(=O)c1ccc(CSc2nc3ccccc3[nH]2)cc1. The van der Waals surface area contributed by atoms with E-state index in [0.717, 1.165) is 27.8 Å². The number of ether oxygens (including phenoxy) is 1. The molecule has 0 aliphatic heterocycles. The molecule has 3 N–H and O–H groups in total. The van der Waals surface area contributed by atoms with Gasteiger partial charge >= 0.3 is 0 Å². The van der Waals surface area contributed by atoms with Gasteiger partial charge in [0.25, 0.3) is 17.5 Å². The van der Waals surface area contributed by atoms with E-state index in [-0.39, 0.29) is 17.0 Å². The predicted molar refractivity (Wildman–Crippen MR) is 127 cm³/mol. The summed E-state index contributed by atoms with van der Waals surface area (Å²) >= 11 is 1.55. The first-order valence-electron chi connectivity index (χ1n) is 10.0. The second-order valence-corrected chi connectivity index (χ2v) is 8.06. The molecular formula is C23H19N5O5S. The van der Waals surface area contributed by atoms with E-state index < -0.39 is 16.7 Å². The third-order valence-corrected chi connectivity index (χ3v) is 5.83. The smallest absolute Gasteiger partial charge is 0.273 e. The molecule has 1 aromatic heterocycles. The Hall–Kier alpha value is -4.38. The lowest BCUT2D eigenvalue weighted by Gasteiger charge is -2.10. The van der Waals surface area contributed by atoms with Gasteiger partial charge in [-0.15, -0.1) is 0 Å². The van der Waals surface area contributed by atoms with E-state index >= 15 is 0 Å². The quantitative estimate of drug-likeness (QED) is 0.209. The molecule has 0 aliphatic rings. The highest BCUT2D eigenvalue weighted by Gasteiger charge is 2.18. The van der Waals surface area contributed by atoms with E-state index in [1.54, 1.807) is 23.9 Å². The minimum Gasteiger partial charge on any atom is -0.496 e. The van der Waals surface area contributed by atoms with Crippen LogP contribution in [0.4, 0.5) is 5.69 Å². The Labute approximate surface area is 197 Å². The number of benzene rings is 3. The molecule has 1 heterocycles. The standard InChI is InChI=1S/C23H19N5O5S/c1-33-20-11-10-16(28(31)32)12-17(20)22(30)27-26-21(29)15-8-6-14(7-9-15)13-34-23-24-18-4-2-3-5-19(18)25-23/h2-12H,13H2,1H3,(H,24,25)(H,26,29)(H,27,30). The molecule has 2 amide bonds. The van der Waals surface area contributed by atoms with Crippen LogP contribution in [-0.2, 0) is 5.75 Å². The van der Waals surface area contributed by atoms with Crippen LogP contribution in [0, 0.1) is 10.1 Å². The van der Waals surface area contributed by atoms with Crippen molar-refractivity contribution in [2.24, 2.45) is 0 Å². The number of nitro benzene ring substituents is 1. The molecule has 3 aromatic carbocycles. The summed E-state index contributed by atoms with van der Waals surface area (Å²) in [5, 5.41) is 11.8. The lowest BCUT2D eigenvalue weighted by Crippen LogP contribution is -2.41. The van der Waals surface area contributed by atoms with Gasteiger partial charge in [0, 0.05) is 23.4 Å². The number of rotatable bonds is 7. The second kappa shape index (κ2) is 10.0. The van der Waals surface area contributed by atoms with Crippen molar-refractivity contribution in [1.82, 2.24) is 20.8 Å². The normalized spacial score (nSPS) is 10.6. The molecule has 0 aliphatic carbocycles. The van der Waals surface area contributed by atoms with Crippen LogP contribution in [-0.4, -0.2) is 33.8 Å². The van der Waals surface area contributed by atoms with Crippen LogP contribution in [0.25, 0.3) is 11.0 Å². The third kappa shape index (κ3) is 5.15. The zero-order valence-corrected chi connectivity index (χ0v) is 18.7. The number of nitrogens with one attached hydrogen (secondary N) is 3. The summed E-state index contributed by atoms with van der Waals surface area (Å²) in [6.45, 7) is 0. The fourth-order valence-corrected chi connectivity index (χ4v) is 3.98. The van der Waals surface area contributed by atoms with Crippen molar-refractivity contribution >= 4 is 40.3 Å². The number of aromatic nitrogens is 2. The van der Waals surface area contributed by atoms with Gasteiger partial charge in [-0.3, -0.25) is 30.6 Å². The summed E-state index contributed by atoms with van der Waals surface area (Å²) in [5.41, 5.74) is 7.42. The van der Waals surface area contributed by atoms with Crippen molar-refractivity contribution in [3.63, 3.8) is 0 Å². The highest BCUT2D eigenvalue weighted by molar-refractivity contribution is 7.98. The lowest BCUT2D eigenvalue weighted by atomic mass is 10.1.